The van der Waals surface area contributed by atoms with Gasteiger partial charge in [0, 0.05) is 25.4 Å². The number of sulfonamides is 1. The van der Waals surface area contributed by atoms with Gasteiger partial charge < -0.3 is 14.6 Å². The maximum absolute atomic E-state index is 12.4. The third-order valence-electron chi connectivity index (χ3n) is 3.90. The molecule has 1 fully saturated rings. The summed E-state index contributed by atoms with van der Waals surface area (Å²) in [5.74, 6) is -0.916. The van der Waals surface area contributed by atoms with E-state index in [1.54, 1.807) is 11.8 Å². The molecule has 0 atom stereocenters. The summed E-state index contributed by atoms with van der Waals surface area (Å²) in [6.07, 6.45) is 3.13. The molecule has 2 aromatic rings. The van der Waals surface area contributed by atoms with Crippen LogP contribution in [-0.4, -0.2) is 60.1 Å². The third kappa shape index (κ3) is 3.72. The number of H-pyrrole nitrogens is 2. The number of anilines is 1. The van der Waals surface area contributed by atoms with Crippen molar-refractivity contribution in [2.75, 3.05) is 24.4 Å². The van der Waals surface area contributed by atoms with Gasteiger partial charge >= 0.3 is 5.97 Å². The van der Waals surface area contributed by atoms with Gasteiger partial charge in [-0.1, -0.05) is 0 Å². The molecule has 1 aliphatic heterocycles. The zero-order valence-corrected chi connectivity index (χ0v) is 14.9. The lowest BCUT2D eigenvalue weighted by molar-refractivity contribution is 0.0519. The van der Waals surface area contributed by atoms with Gasteiger partial charge in [-0.2, -0.15) is 5.10 Å². The Kier molecular flexibility index (Phi) is 4.98. The highest BCUT2D eigenvalue weighted by Gasteiger charge is 2.24. The number of rotatable bonds is 6. The van der Waals surface area contributed by atoms with Crippen molar-refractivity contribution in [3.8, 4) is 0 Å². The molecule has 3 N–H and O–H groups in total. The smallest absolute Gasteiger partial charge is 0.356 e. The average Bonchev–Trinajstić information content (AvgIpc) is 3.35. The minimum absolute atomic E-state index is 0.0310. The monoisotopic (exact) mass is 381 g/mol. The summed E-state index contributed by atoms with van der Waals surface area (Å²) in [7, 11) is -3.96. The van der Waals surface area contributed by atoms with Crippen molar-refractivity contribution in [3.05, 3.63) is 29.7 Å². The zero-order chi connectivity index (χ0) is 18.7. The summed E-state index contributed by atoms with van der Waals surface area (Å²) in [6.45, 7) is 3.19. The first kappa shape index (κ1) is 18.0. The lowest BCUT2D eigenvalue weighted by Crippen LogP contribution is -2.27. The van der Waals surface area contributed by atoms with Crippen LogP contribution in [0, 0.1) is 0 Å². The Labute approximate surface area is 150 Å². The van der Waals surface area contributed by atoms with Gasteiger partial charge in [-0.25, -0.2) is 13.2 Å². The van der Waals surface area contributed by atoms with Crippen LogP contribution in [0.1, 0.15) is 40.7 Å². The van der Waals surface area contributed by atoms with Crippen LogP contribution in [0.15, 0.2) is 23.2 Å². The van der Waals surface area contributed by atoms with Gasteiger partial charge in [0.05, 0.1) is 6.61 Å². The topological polar surface area (TPSA) is 137 Å². The molecule has 0 aliphatic carbocycles. The van der Waals surface area contributed by atoms with Crippen LogP contribution >= 0.6 is 0 Å². The van der Waals surface area contributed by atoms with E-state index in [4.69, 9.17) is 4.74 Å². The van der Waals surface area contributed by atoms with Gasteiger partial charge in [0.15, 0.2) is 5.82 Å². The van der Waals surface area contributed by atoms with Crippen molar-refractivity contribution >= 4 is 27.7 Å². The Morgan fingerprint density at radius 3 is 2.69 bits per heavy atom. The predicted octanol–water partition coefficient (Wildman–Crippen LogP) is 0.951. The fraction of sp³-hybridized carbons (Fsp3) is 0.400. The molecule has 140 valence electrons. The van der Waals surface area contributed by atoms with Gasteiger partial charge in [-0.15, -0.1) is 0 Å². The molecule has 0 saturated carbocycles. The largest absolute Gasteiger partial charge is 0.461 e. The fourth-order valence-corrected chi connectivity index (χ4v) is 3.61. The molecule has 1 saturated heterocycles. The first-order valence-corrected chi connectivity index (χ1v) is 9.62. The highest BCUT2D eigenvalue weighted by molar-refractivity contribution is 7.92. The number of aromatic nitrogens is 3. The molecular formula is C15H19N5O5S. The Bertz CT molecular complexity index is 911. The van der Waals surface area contributed by atoms with E-state index < -0.39 is 16.0 Å². The highest BCUT2D eigenvalue weighted by Crippen LogP contribution is 2.18. The molecule has 11 heteroatoms. The lowest BCUT2D eigenvalue weighted by atomic mass is 10.4. The van der Waals surface area contributed by atoms with E-state index in [1.807, 2.05) is 0 Å². The number of aromatic amines is 2. The molecule has 0 radical (unpaired) electrons. The standard InChI is InChI=1S/C15H19N5O5S/c1-2-25-15(22)12-8-13(18-17-12)19-26(23,24)10-7-11(16-9-10)14(21)20-5-3-4-6-20/h7-9,16H,2-6H2,1H3,(H2,17,18,19). The molecule has 0 bridgehead atoms. The van der Waals surface area contributed by atoms with Crippen LogP contribution in [0.25, 0.3) is 0 Å². The van der Waals surface area contributed by atoms with Crippen molar-refractivity contribution in [2.45, 2.75) is 24.7 Å². The molecule has 0 unspecified atom stereocenters. The quantitative estimate of drug-likeness (QED) is 0.637. The maximum Gasteiger partial charge on any atom is 0.356 e. The summed E-state index contributed by atoms with van der Waals surface area (Å²) >= 11 is 0. The third-order valence-corrected chi connectivity index (χ3v) is 5.24. The maximum atomic E-state index is 12.4. The molecule has 1 amide bonds. The molecule has 3 rings (SSSR count). The van der Waals surface area contributed by atoms with Gasteiger partial charge in [0.2, 0.25) is 0 Å². The molecule has 3 heterocycles. The normalized spacial score (nSPS) is 14.4. The van der Waals surface area contributed by atoms with E-state index in [0.29, 0.717) is 13.1 Å². The van der Waals surface area contributed by atoms with Gasteiger partial charge in [0.25, 0.3) is 15.9 Å². The number of ether oxygens (including phenoxy) is 1. The first-order chi connectivity index (χ1) is 12.4. The summed E-state index contributed by atoms with van der Waals surface area (Å²) in [5, 5.41) is 6.14. The Morgan fingerprint density at radius 1 is 1.27 bits per heavy atom. The average molecular weight is 381 g/mol. The van der Waals surface area contributed by atoms with Crippen molar-refractivity contribution in [3.63, 3.8) is 0 Å². The van der Waals surface area contributed by atoms with Gasteiger partial charge in [-0.05, 0) is 25.8 Å². The number of nitrogens with zero attached hydrogens (tertiary/aromatic N) is 2. The van der Waals surface area contributed by atoms with E-state index >= 15 is 0 Å². The zero-order valence-electron chi connectivity index (χ0n) is 14.1. The van der Waals surface area contributed by atoms with Crippen molar-refractivity contribution in [1.82, 2.24) is 20.1 Å². The Hall–Kier alpha value is -2.82. The first-order valence-electron chi connectivity index (χ1n) is 8.14. The van der Waals surface area contributed by atoms with Gasteiger partial charge in [-0.3, -0.25) is 14.6 Å². The summed E-state index contributed by atoms with van der Waals surface area (Å²) in [6, 6.07) is 2.51. The van der Waals surface area contributed by atoms with Crippen LogP contribution in [-0.2, 0) is 14.8 Å². The van der Waals surface area contributed by atoms with E-state index in [0.717, 1.165) is 12.8 Å². The second-order valence-corrected chi connectivity index (χ2v) is 7.42. The number of likely N-dealkylation sites (tertiary alicyclic amines) is 1. The number of nitrogens with one attached hydrogen (secondary N) is 3. The second kappa shape index (κ2) is 7.20. The van der Waals surface area contributed by atoms with Crippen LogP contribution < -0.4 is 4.72 Å². The van der Waals surface area contributed by atoms with E-state index in [9.17, 15) is 18.0 Å². The molecule has 26 heavy (non-hydrogen) atoms. The van der Waals surface area contributed by atoms with E-state index in [-0.39, 0.29) is 34.6 Å². The summed E-state index contributed by atoms with van der Waals surface area (Å²) < 4.78 is 31.9. The Balaban J connectivity index is 1.72. The minimum Gasteiger partial charge on any atom is -0.461 e. The summed E-state index contributed by atoms with van der Waals surface area (Å²) in [5.41, 5.74) is 0.241. The second-order valence-electron chi connectivity index (χ2n) is 5.74. The number of carbonyl (C=O) groups excluding carboxylic acids is 2. The van der Waals surface area contributed by atoms with Crippen molar-refractivity contribution in [1.29, 1.82) is 0 Å². The number of amides is 1. The predicted molar refractivity (Wildman–Crippen MR) is 91.3 cm³/mol. The fourth-order valence-electron chi connectivity index (χ4n) is 2.63. The minimum atomic E-state index is -3.96. The Morgan fingerprint density at radius 2 is 2.00 bits per heavy atom. The number of carbonyl (C=O) groups is 2. The van der Waals surface area contributed by atoms with Crippen molar-refractivity contribution < 1.29 is 22.7 Å². The molecule has 2 aromatic heterocycles. The number of hydrogen-bond donors (Lipinski definition) is 3. The van der Waals surface area contributed by atoms with Gasteiger partial charge in [0.1, 0.15) is 16.3 Å². The number of esters is 1. The van der Waals surface area contributed by atoms with Crippen LogP contribution in [0.5, 0.6) is 0 Å². The van der Waals surface area contributed by atoms with Crippen molar-refractivity contribution in [2.24, 2.45) is 0 Å². The van der Waals surface area contributed by atoms with E-state index in [1.165, 1.54) is 18.3 Å². The molecular weight excluding hydrogens is 362 g/mol. The molecule has 10 nitrogen and oxygen atoms in total. The number of hydrogen-bond acceptors (Lipinski definition) is 6. The summed E-state index contributed by atoms with van der Waals surface area (Å²) in [4.78, 5) is 28.2. The SMILES string of the molecule is CCOC(=O)c1cc(NS(=O)(=O)c2c[nH]c(C(=O)N3CCCC3)c2)n[nH]1. The lowest BCUT2D eigenvalue weighted by Gasteiger charge is -2.13. The molecule has 1 aliphatic rings. The molecule has 0 aromatic carbocycles. The van der Waals surface area contributed by atoms with E-state index in [2.05, 4.69) is 19.9 Å². The van der Waals surface area contributed by atoms with Crippen LogP contribution in [0.3, 0.4) is 0 Å². The van der Waals surface area contributed by atoms with Crippen LogP contribution in [0.4, 0.5) is 5.82 Å². The van der Waals surface area contributed by atoms with Crippen LogP contribution in [0.2, 0.25) is 0 Å². The highest BCUT2D eigenvalue weighted by atomic mass is 32.2. The molecule has 0 spiro atoms.